The quantitative estimate of drug-likeness (QED) is 0.669. The van der Waals surface area contributed by atoms with Crippen LogP contribution in [0, 0.1) is 19.7 Å². The highest BCUT2D eigenvalue weighted by atomic mass is 19.1. The molecule has 0 atom stereocenters. The van der Waals surface area contributed by atoms with Crippen molar-refractivity contribution in [2.75, 3.05) is 44.6 Å². The molecule has 2 amide bonds. The number of carbonyl (C=O) groups excluding carboxylic acids is 2. The largest absolute Gasteiger partial charge is 0.334 e. The molecule has 0 radical (unpaired) electrons. The van der Waals surface area contributed by atoms with Crippen molar-refractivity contribution in [3.05, 3.63) is 65.0 Å². The smallest absolute Gasteiger partial charge is 0.238 e. The summed E-state index contributed by atoms with van der Waals surface area (Å²) < 4.78 is 14.1. The molecule has 1 aliphatic carbocycles. The first kappa shape index (κ1) is 23.4. The van der Waals surface area contributed by atoms with E-state index in [1.807, 2.05) is 43.0 Å². The lowest BCUT2D eigenvalue weighted by Crippen LogP contribution is -2.51. The van der Waals surface area contributed by atoms with E-state index < -0.39 is 0 Å². The Morgan fingerprint density at radius 2 is 1.64 bits per heavy atom. The zero-order valence-electron chi connectivity index (χ0n) is 19.5. The number of amides is 2. The zero-order chi connectivity index (χ0) is 23.4. The van der Waals surface area contributed by atoms with E-state index >= 15 is 0 Å². The Morgan fingerprint density at radius 3 is 2.30 bits per heavy atom. The summed E-state index contributed by atoms with van der Waals surface area (Å²) in [7, 11) is 0. The molecule has 1 saturated heterocycles. The highest BCUT2D eigenvalue weighted by Crippen LogP contribution is 2.29. The van der Waals surface area contributed by atoms with Gasteiger partial charge in [0.1, 0.15) is 5.82 Å². The maximum absolute atomic E-state index is 14.1. The summed E-state index contributed by atoms with van der Waals surface area (Å²) in [6, 6.07) is 12.8. The highest BCUT2D eigenvalue weighted by Gasteiger charge is 2.34. The van der Waals surface area contributed by atoms with Crippen LogP contribution in [0.1, 0.15) is 29.5 Å². The minimum absolute atomic E-state index is 0.0157. The number of rotatable bonds is 8. The van der Waals surface area contributed by atoms with Gasteiger partial charge in [0.25, 0.3) is 0 Å². The van der Waals surface area contributed by atoms with Crippen LogP contribution in [0.5, 0.6) is 0 Å². The molecule has 1 N–H and O–H groups in total. The topological polar surface area (TPSA) is 55.9 Å². The van der Waals surface area contributed by atoms with Crippen molar-refractivity contribution in [2.24, 2.45) is 0 Å². The molecule has 6 nitrogen and oxygen atoms in total. The zero-order valence-corrected chi connectivity index (χ0v) is 19.5. The lowest BCUT2D eigenvalue weighted by Gasteiger charge is -2.35. The fraction of sp³-hybridized carbons (Fsp3) is 0.462. The number of piperazine rings is 1. The molecule has 2 fully saturated rings. The van der Waals surface area contributed by atoms with E-state index in [4.69, 9.17) is 0 Å². The third-order valence-corrected chi connectivity index (χ3v) is 6.68. The second-order valence-corrected chi connectivity index (χ2v) is 9.19. The normalized spacial score (nSPS) is 17.1. The lowest BCUT2D eigenvalue weighted by molar-refractivity contribution is -0.134. The van der Waals surface area contributed by atoms with Gasteiger partial charge in [-0.3, -0.25) is 19.4 Å². The van der Waals surface area contributed by atoms with Crippen LogP contribution in [-0.4, -0.2) is 71.8 Å². The van der Waals surface area contributed by atoms with E-state index in [2.05, 4.69) is 15.1 Å². The number of benzene rings is 2. The molecular formula is C26H33FN4O2. The van der Waals surface area contributed by atoms with Gasteiger partial charge in [-0.15, -0.1) is 0 Å². The Bertz CT molecular complexity index is 1000. The molecule has 2 aromatic rings. The second kappa shape index (κ2) is 10.4. The Balaban J connectivity index is 1.24. The number of hydrogen-bond donors (Lipinski definition) is 1. The highest BCUT2D eigenvalue weighted by molar-refractivity contribution is 5.93. The molecule has 1 saturated carbocycles. The van der Waals surface area contributed by atoms with Gasteiger partial charge in [0.15, 0.2) is 0 Å². The summed E-state index contributed by atoms with van der Waals surface area (Å²) in [5.41, 5.74) is 3.67. The van der Waals surface area contributed by atoms with Gasteiger partial charge in [0, 0.05) is 50.0 Å². The molecule has 7 heteroatoms. The van der Waals surface area contributed by atoms with Gasteiger partial charge in [-0.1, -0.05) is 30.3 Å². The summed E-state index contributed by atoms with van der Waals surface area (Å²) in [4.78, 5) is 31.6. The van der Waals surface area contributed by atoms with Crippen molar-refractivity contribution in [2.45, 2.75) is 39.3 Å². The van der Waals surface area contributed by atoms with Gasteiger partial charge in [0.05, 0.1) is 13.1 Å². The average Bonchev–Trinajstić information content (AvgIpc) is 3.63. The number of carbonyl (C=O) groups is 2. The van der Waals surface area contributed by atoms with E-state index in [1.165, 1.54) is 6.07 Å². The summed E-state index contributed by atoms with van der Waals surface area (Å²) in [5, 5.41) is 3.02. The van der Waals surface area contributed by atoms with Gasteiger partial charge >= 0.3 is 0 Å². The molecule has 0 aromatic heterocycles. The number of aryl methyl sites for hydroxylation is 1. The van der Waals surface area contributed by atoms with Crippen LogP contribution in [0.3, 0.4) is 0 Å². The predicted octanol–water partition coefficient (Wildman–Crippen LogP) is 3.19. The minimum Gasteiger partial charge on any atom is -0.334 e. The van der Waals surface area contributed by atoms with E-state index in [0.29, 0.717) is 25.2 Å². The van der Waals surface area contributed by atoms with Crippen LogP contribution >= 0.6 is 0 Å². The van der Waals surface area contributed by atoms with Crippen LogP contribution in [0.15, 0.2) is 42.5 Å². The molecule has 2 aliphatic rings. The molecule has 0 bridgehead atoms. The van der Waals surface area contributed by atoms with E-state index in [-0.39, 0.29) is 23.7 Å². The van der Waals surface area contributed by atoms with E-state index in [0.717, 1.165) is 55.8 Å². The first-order chi connectivity index (χ1) is 15.9. The Kier molecular flexibility index (Phi) is 7.40. The summed E-state index contributed by atoms with van der Waals surface area (Å²) >= 11 is 0. The number of nitrogens with zero attached hydrogens (tertiary/aromatic N) is 3. The number of anilines is 1. The molecule has 2 aromatic carbocycles. The van der Waals surface area contributed by atoms with Gasteiger partial charge in [-0.2, -0.15) is 0 Å². The van der Waals surface area contributed by atoms with Crippen LogP contribution < -0.4 is 5.32 Å². The molecular weight excluding hydrogens is 419 g/mol. The molecule has 176 valence electrons. The fourth-order valence-corrected chi connectivity index (χ4v) is 4.28. The minimum atomic E-state index is -0.260. The molecule has 4 rings (SSSR count). The van der Waals surface area contributed by atoms with Crippen molar-refractivity contribution < 1.29 is 14.0 Å². The molecule has 1 heterocycles. The van der Waals surface area contributed by atoms with Gasteiger partial charge < -0.3 is 10.2 Å². The van der Waals surface area contributed by atoms with Gasteiger partial charge in [-0.05, 0) is 49.9 Å². The average molecular weight is 453 g/mol. The summed E-state index contributed by atoms with van der Waals surface area (Å²) in [6.07, 6.45) is 1.98. The Morgan fingerprint density at radius 1 is 0.970 bits per heavy atom. The van der Waals surface area contributed by atoms with Crippen molar-refractivity contribution >= 4 is 17.5 Å². The second-order valence-electron chi connectivity index (χ2n) is 9.19. The first-order valence-electron chi connectivity index (χ1n) is 11.7. The molecule has 0 spiro atoms. The van der Waals surface area contributed by atoms with Crippen LogP contribution in [0.2, 0.25) is 0 Å². The van der Waals surface area contributed by atoms with Crippen LogP contribution in [-0.2, 0) is 16.1 Å². The molecule has 0 unspecified atom stereocenters. The predicted molar refractivity (Wildman–Crippen MR) is 127 cm³/mol. The van der Waals surface area contributed by atoms with Crippen LogP contribution in [0.4, 0.5) is 10.1 Å². The molecule has 33 heavy (non-hydrogen) atoms. The number of nitrogens with one attached hydrogen (secondary N) is 1. The van der Waals surface area contributed by atoms with Crippen molar-refractivity contribution in [3.63, 3.8) is 0 Å². The maximum atomic E-state index is 14.1. The SMILES string of the molecule is Cc1cccc(NC(=O)CN2CCN(CC(=O)N(Cc3ccccc3F)C3CC3)CC2)c1C. The Labute approximate surface area is 195 Å². The number of halogens is 1. The third-order valence-electron chi connectivity index (χ3n) is 6.68. The summed E-state index contributed by atoms with van der Waals surface area (Å²) in [5.74, 6) is -0.219. The van der Waals surface area contributed by atoms with E-state index in [1.54, 1.807) is 12.1 Å². The molecule has 1 aliphatic heterocycles. The third kappa shape index (κ3) is 6.18. The van der Waals surface area contributed by atoms with Gasteiger partial charge in [-0.25, -0.2) is 4.39 Å². The van der Waals surface area contributed by atoms with Gasteiger partial charge in [0.2, 0.25) is 11.8 Å². The standard InChI is InChI=1S/C26H33FN4O2/c1-19-6-5-9-24(20(19)2)28-25(32)17-29-12-14-30(15-13-29)18-26(33)31(22-10-11-22)16-21-7-3-4-8-23(21)27/h3-9,22H,10-18H2,1-2H3,(H,28,32). The summed E-state index contributed by atoms with van der Waals surface area (Å²) in [6.45, 7) is 8.01. The number of hydrogen-bond acceptors (Lipinski definition) is 4. The van der Waals surface area contributed by atoms with Crippen LogP contribution in [0.25, 0.3) is 0 Å². The Hall–Kier alpha value is -2.77. The van der Waals surface area contributed by atoms with Crippen molar-refractivity contribution in [3.8, 4) is 0 Å². The van der Waals surface area contributed by atoms with Crippen molar-refractivity contribution in [1.29, 1.82) is 0 Å². The lowest BCUT2D eigenvalue weighted by atomic mass is 10.1. The monoisotopic (exact) mass is 452 g/mol. The first-order valence-corrected chi connectivity index (χ1v) is 11.7. The van der Waals surface area contributed by atoms with Crippen molar-refractivity contribution in [1.82, 2.24) is 14.7 Å². The fourth-order valence-electron chi connectivity index (χ4n) is 4.28. The maximum Gasteiger partial charge on any atom is 0.238 e. The van der Waals surface area contributed by atoms with E-state index in [9.17, 15) is 14.0 Å².